The number of aliphatic carboxylic acids is 1. The molecule has 0 amide bonds. The van der Waals surface area contributed by atoms with Gasteiger partial charge in [0.2, 0.25) is 34.8 Å². The Hall–Kier alpha value is -9.87. The number of carbonyl (C=O) groups is 6. The van der Waals surface area contributed by atoms with Crippen LogP contribution in [0.15, 0.2) is 128 Å². The number of aromatic nitrogens is 6. The Morgan fingerprint density at radius 1 is 0.410 bits per heavy atom. The molecule has 0 saturated heterocycles. The number of hydrogen-bond donors (Lipinski definition) is 2. The summed E-state index contributed by atoms with van der Waals surface area (Å²) in [5.41, 5.74) is 3.02. The number of rotatable bonds is 21. The number of aromatic carboxylic acids is 1. The first-order chi connectivity index (χ1) is 65.5. The van der Waals surface area contributed by atoms with Gasteiger partial charge in [-0.3, -0.25) is 38.3 Å². The lowest BCUT2D eigenvalue weighted by Crippen LogP contribution is -2.47. The largest absolute Gasteiger partial charge is 0.478 e. The standard InChI is InChI=1S/C32H32Cl3N3O4.C28H24Cl3N3O4.C22H14Cl3F5N2O3.C16H15Cl3N2O3/c1-18-17-38(23-10-7-9-19(25(18)23)11-12-24(39)41-31(2,3)4)30(40)27-28(26-21(34)15-20(33)16-22(26)35)36-42-29(27)32(37(5)6)13-8-14-32;1-15-14-34(20-7-4-6-16(22(15)20)8-9-21(35)36)27(37)24-25(23-18(30)12-17(29)13-19(23)31)32-38-26(24)28(33(2)3)10-5-11-28;1-32(2)22(4-3-5-22)20-12(18(31-35-20)11-9(24)6-8(23)7-10(11)25)21(33)34-19-16(29)14(27)13(26)15(28)17(19)30;1-21(2)16(4-3-5-16)14-12(15(22)23)13(20-24-14)11-9(18)6-8(17)7-10(11)19/h7,9-12,15-17H,8,13-14H2,1-6H3;4,6-9,12-14H,5,10-11H2,1-3H3,(H,35,36);6-7H,3-5H2,1-2H3;6-7H,3-5H2,1-2H3,(H,22,23)/b12-11+;9-8+;;. The van der Waals surface area contributed by atoms with Gasteiger partial charge in [-0.1, -0.05) is 184 Å². The topological polar surface area (TPSA) is 288 Å². The highest BCUT2D eigenvalue weighted by atomic mass is 35.5. The predicted molar refractivity (Wildman–Crippen MR) is 527 cm³/mol. The van der Waals surface area contributed by atoms with Crippen LogP contribution in [0.4, 0.5) is 22.0 Å². The van der Waals surface area contributed by atoms with Gasteiger partial charge in [0.25, 0.3) is 11.8 Å². The molecule has 0 atom stereocenters. The zero-order valence-corrected chi connectivity index (χ0v) is 85.3. The van der Waals surface area contributed by atoms with Crippen LogP contribution in [-0.4, -0.2) is 157 Å². The number of fused-ring (bicyclic) bond motifs is 2. The van der Waals surface area contributed by atoms with Crippen molar-refractivity contribution in [3.8, 4) is 50.8 Å². The van der Waals surface area contributed by atoms with Crippen molar-refractivity contribution in [1.29, 1.82) is 0 Å². The maximum absolute atomic E-state index is 14.6. The van der Waals surface area contributed by atoms with Gasteiger partial charge in [-0.05, 0) is 263 Å². The van der Waals surface area contributed by atoms with E-state index < -0.39 is 92.0 Å². The van der Waals surface area contributed by atoms with E-state index in [2.05, 4.69) is 30.4 Å². The molecule has 13 aromatic rings. The third-order valence-electron chi connectivity index (χ3n) is 25.5. The summed E-state index contributed by atoms with van der Waals surface area (Å²) in [6.45, 7) is 9.25. The average Bonchev–Trinajstić information content (AvgIpc) is 1.70. The molecule has 0 aliphatic heterocycles. The van der Waals surface area contributed by atoms with E-state index in [0.29, 0.717) is 84.0 Å². The monoisotopic (exact) mass is 2140 g/mol. The van der Waals surface area contributed by atoms with Crippen LogP contribution >= 0.6 is 139 Å². The third-order valence-corrected chi connectivity index (χ3v) is 28.8. The van der Waals surface area contributed by atoms with E-state index in [1.54, 1.807) is 76.9 Å². The Labute approximate surface area is 853 Å². The molecule has 2 N–H and O–H groups in total. The maximum atomic E-state index is 14.6. The van der Waals surface area contributed by atoms with Crippen LogP contribution in [0, 0.1) is 42.9 Å². The molecule has 0 radical (unpaired) electrons. The SMILES string of the molecule is CN(C)C1(c2onc(-c3c(Cl)cc(Cl)cc3Cl)c2C(=O)O)CCC1.CN(C)C1(c2onc(-c3c(Cl)cc(Cl)cc3Cl)c2C(=O)Oc2c(F)c(F)c(F)c(F)c2F)CCC1.Cc1cn(C(=O)c2c(-c3c(Cl)cc(Cl)cc3Cl)noc2C2(N(C)C)CCC2)c2cccc(/C=C/C(=O)O)c12.Cc1cn(C(=O)c2c(-c3c(Cl)cc(Cl)cc3Cl)noc2C2(N(C)C)CCC2)c2cccc(/C=C/C(=O)OC(C)(C)C)c12. The van der Waals surface area contributed by atoms with Crippen molar-refractivity contribution in [3.63, 3.8) is 0 Å². The lowest BCUT2D eigenvalue weighted by Gasteiger charge is -2.45. The average molecular weight is 2150 g/mol. The lowest BCUT2D eigenvalue weighted by atomic mass is 9.72. The number of aryl methyl sites for hydroxylation is 2. The van der Waals surface area contributed by atoms with Crippen LogP contribution in [0.1, 0.15) is 185 Å². The molecule has 7 aromatic carbocycles. The highest BCUT2D eigenvalue weighted by molar-refractivity contribution is 6.45. The van der Waals surface area contributed by atoms with Crippen molar-refractivity contribution >= 4 is 209 Å². The molecule has 0 bridgehead atoms. The van der Waals surface area contributed by atoms with Crippen molar-refractivity contribution in [1.82, 2.24) is 49.4 Å². The molecule has 0 spiro atoms. The predicted octanol–water partition coefficient (Wildman–Crippen LogP) is 27.9. The van der Waals surface area contributed by atoms with E-state index in [4.69, 9.17) is 172 Å². The number of hydrogen-bond acceptors (Lipinski definition) is 20. The summed E-state index contributed by atoms with van der Waals surface area (Å²) in [6.07, 6.45) is 18.8. The van der Waals surface area contributed by atoms with Gasteiger partial charge >= 0.3 is 23.9 Å². The summed E-state index contributed by atoms with van der Waals surface area (Å²) >= 11 is 75.6. The molecular formula is C98H85Cl12F5N10O14. The van der Waals surface area contributed by atoms with Crippen LogP contribution in [0.2, 0.25) is 60.3 Å². The first-order valence-corrected chi connectivity index (χ1v) is 47.4. The smallest absolute Gasteiger partial charge is 0.349 e. The van der Waals surface area contributed by atoms with Crippen LogP contribution in [0.5, 0.6) is 5.75 Å². The van der Waals surface area contributed by atoms with E-state index >= 15 is 0 Å². The molecule has 4 saturated carbocycles. The van der Waals surface area contributed by atoms with Gasteiger partial charge in [-0.15, -0.1) is 0 Å². The molecule has 0 unspecified atom stereocenters. The fourth-order valence-corrected chi connectivity index (χ4v) is 21.9. The molecule has 24 nitrogen and oxygen atoms in total. The molecule has 4 fully saturated rings. The van der Waals surface area contributed by atoms with E-state index in [-0.39, 0.29) is 102 Å². The summed E-state index contributed by atoms with van der Waals surface area (Å²) in [7, 11) is 15.1. The van der Waals surface area contributed by atoms with Crippen molar-refractivity contribution in [3.05, 3.63) is 266 Å². The second-order valence-corrected chi connectivity index (χ2v) is 40.6. The van der Waals surface area contributed by atoms with Crippen molar-refractivity contribution in [2.75, 3.05) is 56.4 Å². The van der Waals surface area contributed by atoms with Crippen molar-refractivity contribution < 1.29 is 88.5 Å². The van der Waals surface area contributed by atoms with Gasteiger partial charge in [0, 0.05) is 77.7 Å². The normalized spacial score (nSPS) is 15.2. The number of ether oxygens (including phenoxy) is 2. The first-order valence-electron chi connectivity index (χ1n) is 42.9. The van der Waals surface area contributed by atoms with Gasteiger partial charge in [0.1, 0.15) is 50.6 Å². The summed E-state index contributed by atoms with van der Waals surface area (Å²) in [4.78, 5) is 85.6. The Morgan fingerprint density at radius 2 is 0.683 bits per heavy atom. The third kappa shape index (κ3) is 19.8. The summed E-state index contributed by atoms with van der Waals surface area (Å²) in [6, 6.07) is 22.8. The number of esters is 2. The fourth-order valence-electron chi connectivity index (χ4n) is 17.9. The molecule has 4 aliphatic rings. The fraction of sp³-hybridized carbons (Fsp3) is 0.306. The van der Waals surface area contributed by atoms with Gasteiger partial charge in [0.05, 0.1) is 73.4 Å². The minimum absolute atomic E-state index is 0.00507. The van der Waals surface area contributed by atoms with E-state index in [1.165, 1.54) is 36.4 Å². The summed E-state index contributed by atoms with van der Waals surface area (Å²) < 4.78 is 106. The number of nitrogens with zero attached hydrogens (tertiary/aromatic N) is 10. The zero-order chi connectivity index (χ0) is 101. The molecule has 41 heteroatoms. The highest BCUT2D eigenvalue weighted by Gasteiger charge is 2.53. The summed E-state index contributed by atoms with van der Waals surface area (Å²) in [5.74, 6) is -16.9. The first kappa shape index (κ1) is 105. The molecule has 6 aromatic heterocycles. The van der Waals surface area contributed by atoms with E-state index in [9.17, 15) is 55.8 Å². The Morgan fingerprint density at radius 3 is 0.957 bits per heavy atom. The van der Waals surface area contributed by atoms with Crippen molar-refractivity contribution in [2.24, 2.45) is 0 Å². The van der Waals surface area contributed by atoms with Crippen LogP contribution in [-0.2, 0) is 36.5 Å². The second kappa shape index (κ2) is 41.2. The number of benzene rings is 7. The van der Waals surface area contributed by atoms with E-state index in [0.717, 1.165) is 97.7 Å². The Bertz CT molecular complexity index is 7080. The van der Waals surface area contributed by atoms with Gasteiger partial charge in [-0.2, -0.15) is 8.78 Å². The van der Waals surface area contributed by atoms with Gasteiger partial charge in [0.15, 0.2) is 23.0 Å². The number of carboxylic acids is 2. The minimum Gasteiger partial charge on any atom is -0.478 e. The Kier molecular flexibility index (Phi) is 31.1. The van der Waals surface area contributed by atoms with Crippen LogP contribution in [0.25, 0.3) is 79.0 Å². The Balaban J connectivity index is 0.000000150. The number of carbonyl (C=O) groups excluding carboxylic acids is 4. The zero-order valence-electron chi connectivity index (χ0n) is 76.2. The van der Waals surface area contributed by atoms with Crippen molar-refractivity contribution in [2.45, 2.75) is 139 Å². The highest BCUT2D eigenvalue weighted by Crippen LogP contribution is 2.56. The summed E-state index contributed by atoms with van der Waals surface area (Å²) in [5, 5.41) is 39.8. The van der Waals surface area contributed by atoms with Crippen LogP contribution in [0.3, 0.4) is 0 Å². The number of halogens is 17. The molecular weight excluding hydrogens is 2060 g/mol. The van der Waals surface area contributed by atoms with Gasteiger partial charge in [-0.25, -0.2) is 32.3 Å². The van der Waals surface area contributed by atoms with Crippen LogP contribution < -0.4 is 4.74 Å². The quantitative estimate of drug-likeness (QED) is 0.0169. The lowest BCUT2D eigenvalue weighted by molar-refractivity contribution is -0.148. The van der Waals surface area contributed by atoms with E-state index in [1.807, 2.05) is 112 Å². The minimum atomic E-state index is -2.40. The number of carboxylic acid groups (broad SMARTS) is 2. The molecule has 139 heavy (non-hydrogen) atoms. The molecule has 4 aliphatic carbocycles. The maximum Gasteiger partial charge on any atom is 0.349 e. The van der Waals surface area contributed by atoms with Gasteiger partial charge < -0.3 is 37.8 Å². The molecule has 730 valence electrons. The molecule has 6 heterocycles. The molecule has 17 rings (SSSR count). The second-order valence-electron chi connectivity index (χ2n) is 35.6.